The van der Waals surface area contributed by atoms with Crippen molar-refractivity contribution in [2.75, 3.05) is 17.5 Å². The summed E-state index contributed by atoms with van der Waals surface area (Å²) >= 11 is 6.03. The molecule has 0 fully saturated rings. The number of benzene rings is 2. The number of nitro benzene ring substituents is 1. The average Bonchev–Trinajstić information content (AvgIpc) is 3.41. The van der Waals surface area contributed by atoms with Crippen molar-refractivity contribution in [2.45, 2.75) is 0 Å². The summed E-state index contributed by atoms with van der Waals surface area (Å²) in [7, 11) is 0. The van der Waals surface area contributed by atoms with Crippen LogP contribution in [0.4, 0.5) is 23.0 Å². The Kier molecular flexibility index (Phi) is 4.84. The molecule has 1 aliphatic heterocycles. The Hall–Kier alpha value is -4.52. The van der Waals surface area contributed by atoms with Crippen LogP contribution in [0, 0.1) is 10.1 Å². The minimum atomic E-state index is -0.539. The fraction of sp³-hybridized carbons (Fsp3) is 0.0556. The first kappa shape index (κ1) is 19.4. The van der Waals surface area contributed by atoms with Crippen molar-refractivity contribution >= 4 is 52.1 Å². The average molecular weight is 455 g/mol. The largest absolute Gasteiger partial charge is 0.454 e. The van der Waals surface area contributed by atoms with E-state index in [0.29, 0.717) is 22.2 Å². The van der Waals surface area contributed by atoms with Gasteiger partial charge in [-0.3, -0.25) is 15.5 Å². The molecule has 32 heavy (non-hydrogen) atoms. The fourth-order valence-electron chi connectivity index (χ4n) is 2.88. The van der Waals surface area contributed by atoms with Crippen LogP contribution in [0.15, 0.2) is 46.1 Å². The van der Waals surface area contributed by atoms with E-state index in [-0.39, 0.29) is 41.0 Å². The molecule has 2 aromatic carbocycles. The highest BCUT2D eigenvalue weighted by Gasteiger charge is 2.22. The molecule has 0 amide bonds. The number of nitro groups is 1. The maximum atomic E-state index is 11.4. The van der Waals surface area contributed by atoms with Crippen molar-refractivity contribution in [2.24, 2.45) is 5.10 Å². The van der Waals surface area contributed by atoms with E-state index in [1.54, 1.807) is 24.3 Å². The van der Waals surface area contributed by atoms with Gasteiger partial charge in [0.2, 0.25) is 18.1 Å². The van der Waals surface area contributed by atoms with Gasteiger partial charge in [0.1, 0.15) is 0 Å². The summed E-state index contributed by atoms with van der Waals surface area (Å²) in [6, 6.07) is 9.71. The minimum Gasteiger partial charge on any atom is -0.454 e. The van der Waals surface area contributed by atoms with E-state index < -0.39 is 4.92 Å². The first-order valence-corrected chi connectivity index (χ1v) is 9.34. The number of anilines is 3. The van der Waals surface area contributed by atoms with Crippen molar-refractivity contribution in [3.63, 3.8) is 0 Å². The van der Waals surface area contributed by atoms with Crippen LogP contribution in [0.25, 0.3) is 11.3 Å². The summed E-state index contributed by atoms with van der Waals surface area (Å²) in [6.07, 6.45) is 1.26. The smallest absolute Gasteiger partial charge is 0.282 e. The predicted molar refractivity (Wildman–Crippen MR) is 113 cm³/mol. The van der Waals surface area contributed by atoms with Gasteiger partial charge in [0, 0.05) is 10.7 Å². The third-order valence-corrected chi connectivity index (χ3v) is 4.53. The first-order chi connectivity index (χ1) is 15.6. The number of nitrogens with zero attached hydrogens (tertiary/aromatic N) is 6. The summed E-state index contributed by atoms with van der Waals surface area (Å²) in [5.41, 5.74) is 3.68. The van der Waals surface area contributed by atoms with E-state index in [9.17, 15) is 10.1 Å². The van der Waals surface area contributed by atoms with Gasteiger partial charge in [0.05, 0.1) is 22.8 Å². The maximum absolute atomic E-state index is 11.4. The van der Waals surface area contributed by atoms with Crippen molar-refractivity contribution < 1.29 is 19.0 Å². The second-order valence-electron chi connectivity index (χ2n) is 6.36. The summed E-state index contributed by atoms with van der Waals surface area (Å²) in [4.78, 5) is 19.5. The quantitative estimate of drug-likeness (QED) is 0.249. The topological polar surface area (TPSA) is 163 Å². The molecule has 0 bridgehead atoms. The summed E-state index contributed by atoms with van der Waals surface area (Å²) in [5, 5.41) is 26.4. The molecule has 160 valence electrons. The van der Waals surface area contributed by atoms with Gasteiger partial charge >= 0.3 is 0 Å². The van der Waals surface area contributed by atoms with Crippen molar-refractivity contribution in [3.8, 4) is 11.5 Å². The van der Waals surface area contributed by atoms with Crippen molar-refractivity contribution in [3.05, 3.63) is 57.1 Å². The summed E-state index contributed by atoms with van der Waals surface area (Å²) in [5.74, 6) is 1.11. The molecule has 2 N–H and O–H groups in total. The molecule has 5 rings (SSSR count). The lowest BCUT2D eigenvalue weighted by atomic mass is 10.1. The molecule has 0 spiro atoms. The Labute approximate surface area is 183 Å². The lowest BCUT2D eigenvalue weighted by Crippen LogP contribution is -2.03. The molecule has 13 nitrogen and oxygen atoms in total. The van der Waals surface area contributed by atoms with Crippen LogP contribution in [0.5, 0.6) is 11.5 Å². The predicted octanol–water partition coefficient (Wildman–Crippen LogP) is 3.49. The Balaban J connectivity index is 1.46. The molecular weight excluding hydrogens is 444 g/mol. The van der Waals surface area contributed by atoms with Gasteiger partial charge in [-0.15, -0.1) is 0 Å². The van der Waals surface area contributed by atoms with Gasteiger partial charge in [0.25, 0.3) is 5.69 Å². The molecule has 3 heterocycles. The monoisotopic (exact) mass is 454 g/mol. The van der Waals surface area contributed by atoms with Crippen LogP contribution >= 0.6 is 11.6 Å². The number of hydrogen-bond donors (Lipinski definition) is 2. The van der Waals surface area contributed by atoms with Crippen molar-refractivity contribution in [1.82, 2.24) is 20.3 Å². The van der Waals surface area contributed by atoms with Crippen LogP contribution in [0.1, 0.15) is 5.56 Å². The number of ether oxygens (including phenoxy) is 2. The molecule has 4 aromatic rings. The van der Waals surface area contributed by atoms with Crippen LogP contribution in [0.3, 0.4) is 0 Å². The Morgan fingerprint density at radius 2 is 1.84 bits per heavy atom. The van der Waals surface area contributed by atoms with Gasteiger partial charge in [-0.2, -0.15) is 10.1 Å². The van der Waals surface area contributed by atoms with Gasteiger partial charge < -0.3 is 14.8 Å². The molecule has 14 heteroatoms. The number of hydrogen-bond acceptors (Lipinski definition) is 12. The number of aromatic nitrogens is 4. The molecule has 0 saturated heterocycles. The van der Waals surface area contributed by atoms with Crippen LogP contribution < -0.4 is 20.2 Å². The first-order valence-electron chi connectivity index (χ1n) is 8.97. The lowest BCUT2D eigenvalue weighted by Gasteiger charge is -2.09. The molecule has 1 aliphatic rings. The third kappa shape index (κ3) is 3.79. The lowest BCUT2D eigenvalue weighted by molar-refractivity contribution is -0.385. The SMILES string of the molecule is O=[N+]([O-])c1cc2c(cc1/C=N\Nc1nc3nonc3nc1Nc1cccc(Cl)c1)OCO2. The van der Waals surface area contributed by atoms with Gasteiger partial charge in [-0.25, -0.2) is 9.61 Å². The summed E-state index contributed by atoms with van der Waals surface area (Å²) in [6.45, 7) is -0.00873. The second-order valence-corrected chi connectivity index (χ2v) is 6.80. The zero-order valence-electron chi connectivity index (χ0n) is 15.9. The molecular formula is C18H11ClN8O5. The van der Waals surface area contributed by atoms with Gasteiger partial charge in [-0.05, 0) is 34.6 Å². The molecule has 2 aromatic heterocycles. The highest BCUT2D eigenvalue weighted by Crippen LogP contribution is 2.37. The standard InChI is InChI=1S/C18H11ClN8O5/c19-10-2-1-3-11(5-10)21-15-16(23-18-17(22-15)25-32-26-18)24-20-7-9-4-13-14(31-8-30-13)6-12(9)27(28)29/h1-7H,8H2,(H,21,22,25)(H,23,24,26)/b20-7-. The maximum Gasteiger partial charge on any atom is 0.282 e. The molecule has 0 atom stereocenters. The van der Waals surface area contributed by atoms with Crippen LogP contribution in [-0.2, 0) is 0 Å². The van der Waals surface area contributed by atoms with E-state index in [1.165, 1.54) is 18.3 Å². The van der Waals surface area contributed by atoms with E-state index in [0.717, 1.165) is 0 Å². The Morgan fingerprint density at radius 1 is 1.09 bits per heavy atom. The number of rotatable bonds is 6. The van der Waals surface area contributed by atoms with Crippen molar-refractivity contribution in [1.29, 1.82) is 0 Å². The fourth-order valence-corrected chi connectivity index (χ4v) is 3.07. The zero-order valence-corrected chi connectivity index (χ0v) is 16.6. The molecule has 0 unspecified atom stereocenters. The van der Waals surface area contributed by atoms with E-state index >= 15 is 0 Å². The number of fused-ring (bicyclic) bond motifs is 2. The highest BCUT2D eigenvalue weighted by atomic mass is 35.5. The van der Waals surface area contributed by atoms with Gasteiger partial charge in [-0.1, -0.05) is 17.7 Å². The number of nitrogens with one attached hydrogen (secondary N) is 2. The Morgan fingerprint density at radius 3 is 2.59 bits per heavy atom. The van der Waals surface area contributed by atoms with E-state index in [2.05, 4.69) is 40.8 Å². The molecule has 0 saturated carbocycles. The van der Waals surface area contributed by atoms with E-state index in [4.69, 9.17) is 21.1 Å². The molecule has 0 radical (unpaired) electrons. The number of hydrazone groups is 1. The zero-order chi connectivity index (χ0) is 22.1. The normalized spacial score (nSPS) is 12.4. The molecule has 0 aliphatic carbocycles. The highest BCUT2D eigenvalue weighted by molar-refractivity contribution is 6.30. The number of halogens is 1. The Bertz CT molecular complexity index is 1370. The van der Waals surface area contributed by atoms with Crippen LogP contribution in [0.2, 0.25) is 5.02 Å². The minimum absolute atomic E-state index is 0.00873. The van der Waals surface area contributed by atoms with E-state index in [1.807, 2.05) is 0 Å². The summed E-state index contributed by atoms with van der Waals surface area (Å²) < 4.78 is 15.1. The second kappa shape index (κ2) is 7.96. The van der Waals surface area contributed by atoms with Gasteiger partial charge in [0.15, 0.2) is 23.1 Å². The third-order valence-electron chi connectivity index (χ3n) is 4.29. The van der Waals surface area contributed by atoms with Crippen LogP contribution in [-0.4, -0.2) is 38.2 Å².